The molecule has 12 nitrogen and oxygen atoms in total. The van der Waals surface area contributed by atoms with E-state index in [0.717, 1.165) is 11.1 Å². The van der Waals surface area contributed by atoms with E-state index in [1.807, 2.05) is 60.7 Å². The molecule has 1 saturated heterocycles. The van der Waals surface area contributed by atoms with Crippen LogP contribution in [0.3, 0.4) is 0 Å². The van der Waals surface area contributed by atoms with E-state index in [1.54, 1.807) is 0 Å². The fourth-order valence-electron chi connectivity index (χ4n) is 4.71. The molecule has 0 unspecified atom stereocenters. The number of esters is 1. The number of hydrogen-bond acceptors (Lipinski definition) is 10. The van der Waals surface area contributed by atoms with Crippen molar-refractivity contribution in [3.05, 3.63) is 84.4 Å². The summed E-state index contributed by atoms with van der Waals surface area (Å²) in [6, 6.07) is 18.4. The van der Waals surface area contributed by atoms with Gasteiger partial charge in [0, 0.05) is 13.8 Å². The van der Waals surface area contributed by atoms with Crippen LogP contribution in [0.5, 0.6) is 0 Å². The number of benzene rings is 2. The standard InChI is InChI=1S/C29H31FN5O7P/c1-19(36)34-27-25-28(32-17-31-27)35(18-33-25)29-26(41-20(2)37)24(30)23(42-29)13-14-43(38,39-15-21-9-5-3-6-10-21)40-16-22-11-7-4-8-12-22/h3-12,17-18,23-24,26,29H,13-16H2,1-2H3,(H,31,32,34,36)/t23-,24+,26+,29-/m1/s1. The number of anilines is 1. The van der Waals surface area contributed by atoms with Crippen LogP contribution in [0.25, 0.3) is 11.2 Å². The van der Waals surface area contributed by atoms with E-state index in [-0.39, 0.29) is 48.7 Å². The molecule has 14 heteroatoms. The minimum absolute atomic E-state index is 0.0353. The van der Waals surface area contributed by atoms with Gasteiger partial charge in [-0.25, -0.2) is 19.3 Å². The van der Waals surface area contributed by atoms with Crippen molar-refractivity contribution in [3.63, 3.8) is 0 Å². The first kappa shape index (κ1) is 30.4. The average Bonchev–Trinajstić information content (AvgIpc) is 3.56. The predicted octanol–water partition coefficient (Wildman–Crippen LogP) is 4.97. The summed E-state index contributed by atoms with van der Waals surface area (Å²) >= 11 is 0. The normalized spacial score (nSPS) is 20.3. The maximum absolute atomic E-state index is 15.9. The maximum atomic E-state index is 15.9. The van der Waals surface area contributed by atoms with Crippen LogP contribution in [0.15, 0.2) is 73.3 Å². The van der Waals surface area contributed by atoms with Gasteiger partial charge in [-0.15, -0.1) is 0 Å². The van der Waals surface area contributed by atoms with Crippen LogP contribution >= 0.6 is 7.60 Å². The van der Waals surface area contributed by atoms with Gasteiger partial charge in [0.15, 0.2) is 35.5 Å². The summed E-state index contributed by atoms with van der Waals surface area (Å²) in [6.45, 7) is 2.57. The molecule has 1 amide bonds. The third kappa shape index (κ3) is 7.49. The second kappa shape index (κ2) is 13.5. The number of ether oxygens (including phenoxy) is 2. The largest absolute Gasteiger partial charge is 0.454 e. The molecule has 1 N–H and O–H groups in total. The van der Waals surface area contributed by atoms with Gasteiger partial charge in [-0.3, -0.25) is 18.7 Å². The van der Waals surface area contributed by atoms with Crippen LogP contribution in [0, 0.1) is 0 Å². The van der Waals surface area contributed by atoms with Crippen LogP contribution in [0.4, 0.5) is 10.2 Å². The number of halogens is 1. The highest BCUT2D eigenvalue weighted by atomic mass is 31.2. The zero-order chi connectivity index (χ0) is 30.4. The summed E-state index contributed by atoms with van der Waals surface area (Å²) in [5.74, 6) is -0.900. The smallest absolute Gasteiger partial charge is 0.331 e. The highest BCUT2D eigenvalue weighted by molar-refractivity contribution is 7.53. The number of carbonyl (C=O) groups excluding carboxylic acids is 2. The minimum atomic E-state index is -3.75. The molecule has 5 rings (SSSR count). The van der Waals surface area contributed by atoms with Gasteiger partial charge < -0.3 is 23.8 Å². The lowest BCUT2D eigenvalue weighted by atomic mass is 10.1. The Labute approximate surface area is 247 Å². The van der Waals surface area contributed by atoms with Crippen molar-refractivity contribution in [1.82, 2.24) is 19.5 Å². The number of nitrogens with zero attached hydrogens (tertiary/aromatic N) is 4. The van der Waals surface area contributed by atoms with Gasteiger partial charge in [0.2, 0.25) is 5.91 Å². The van der Waals surface area contributed by atoms with Crippen LogP contribution < -0.4 is 5.32 Å². The van der Waals surface area contributed by atoms with Crippen molar-refractivity contribution < 1.29 is 37.1 Å². The Hall–Kier alpha value is -4.03. The van der Waals surface area contributed by atoms with E-state index in [4.69, 9.17) is 18.5 Å². The number of rotatable bonds is 12. The van der Waals surface area contributed by atoms with Crippen molar-refractivity contribution in [2.24, 2.45) is 0 Å². The Morgan fingerprint density at radius 2 is 1.60 bits per heavy atom. The zero-order valence-corrected chi connectivity index (χ0v) is 24.4. The molecule has 0 aliphatic carbocycles. The second-order valence-electron chi connectivity index (χ2n) is 9.95. The predicted molar refractivity (Wildman–Crippen MR) is 154 cm³/mol. The van der Waals surface area contributed by atoms with Crippen LogP contribution in [0.1, 0.15) is 37.6 Å². The number of amides is 1. The quantitative estimate of drug-likeness (QED) is 0.172. The first-order valence-corrected chi connectivity index (χ1v) is 15.3. The van der Waals surface area contributed by atoms with Gasteiger partial charge >= 0.3 is 13.6 Å². The Kier molecular flexibility index (Phi) is 9.56. The van der Waals surface area contributed by atoms with Gasteiger partial charge in [-0.2, -0.15) is 0 Å². The lowest BCUT2D eigenvalue weighted by Crippen LogP contribution is -2.32. The Morgan fingerprint density at radius 3 is 2.19 bits per heavy atom. The van der Waals surface area contributed by atoms with Crippen LogP contribution in [0.2, 0.25) is 0 Å². The topological polar surface area (TPSA) is 144 Å². The van der Waals surface area contributed by atoms with Crippen LogP contribution in [-0.2, 0) is 45.9 Å². The van der Waals surface area contributed by atoms with Crippen molar-refractivity contribution in [2.45, 2.75) is 58.1 Å². The van der Waals surface area contributed by atoms with E-state index >= 15 is 4.39 Å². The van der Waals surface area contributed by atoms with Crippen molar-refractivity contribution in [2.75, 3.05) is 11.5 Å². The molecule has 2 aromatic carbocycles. The number of carbonyl (C=O) groups is 2. The highest BCUT2D eigenvalue weighted by Gasteiger charge is 2.49. The third-order valence-corrected chi connectivity index (χ3v) is 8.57. The lowest BCUT2D eigenvalue weighted by molar-refractivity contribution is -0.154. The zero-order valence-electron chi connectivity index (χ0n) is 23.5. The van der Waals surface area contributed by atoms with Gasteiger partial charge in [0.25, 0.3) is 0 Å². The summed E-state index contributed by atoms with van der Waals surface area (Å²) in [6.07, 6.45) is -3.06. The number of aromatic nitrogens is 4. The molecule has 0 spiro atoms. The fraction of sp³-hybridized carbons (Fsp3) is 0.345. The Bertz CT molecular complexity index is 1560. The van der Waals surface area contributed by atoms with Crippen molar-refractivity contribution >= 4 is 36.5 Å². The molecular formula is C29H31FN5O7P. The van der Waals surface area contributed by atoms with Crippen molar-refractivity contribution in [3.8, 4) is 0 Å². The van der Waals surface area contributed by atoms with Gasteiger partial charge in [-0.05, 0) is 17.5 Å². The molecule has 4 atom stereocenters. The molecule has 1 aliphatic heterocycles. The number of hydrogen-bond donors (Lipinski definition) is 1. The molecule has 2 aromatic heterocycles. The number of alkyl halides is 1. The molecule has 226 valence electrons. The first-order valence-electron chi connectivity index (χ1n) is 13.6. The maximum Gasteiger partial charge on any atom is 0.331 e. The number of fused-ring (bicyclic) bond motifs is 1. The molecule has 3 heterocycles. The van der Waals surface area contributed by atoms with Crippen molar-refractivity contribution in [1.29, 1.82) is 0 Å². The summed E-state index contributed by atoms with van der Waals surface area (Å²) in [5, 5.41) is 2.57. The van der Waals surface area contributed by atoms with Crippen LogP contribution in [-0.4, -0.2) is 55.9 Å². The molecule has 1 aliphatic rings. The first-order chi connectivity index (χ1) is 20.7. The van der Waals surface area contributed by atoms with E-state index < -0.39 is 38.2 Å². The summed E-state index contributed by atoms with van der Waals surface area (Å²) < 4.78 is 54.3. The Morgan fingerprint density at radius 1 is 0.977 bits per heavy atom. The fourth-order valence-corrected chi connectivity index (χ4v) is 6.30. The summed E-state index contributed by atoms with van der Waals surface area (Å²) in [4.78, 5) is 36.1. The van der Waals surface area contributed by atoms with E-state index in [1.165, 1.54) is 31.1 Å². The molecule has 43 heavy (non-hydrogen) atoms. The Balaban J connectivity index is 1.35. The third-order valence-electron chi connectivity index (χ3n) is 6.72. The number of nitrogens with one attached hydrogen (secondary N) is 1. The molecule has 0 radical (unpaired) electrons. The van der Waals surface area contributed by atoms with E-state index in [9.17, 15) is 14.2 Å². The molecule has 0 saturated carbocycles. The lowest BCUT2D eigenvalue weighted by Gasteiger charge is -2.21. The molecule has 0 bridgehead atoms. The SMILES string of the molecule is CC(=O)Nc1ncnc2c1ncn2[C@@H]1O[C@H](CCP(=O)(OCc2ccccc2)OCc2ccccc2)[C@H](F)[C@@H]1OC(C)=O. The van der Waals surface area contributed by atoms with E-state index in [2.05, 4.69) is 20.3 Å². The van der Waals surface area contributed by atoms with E-state index in [0.29, 0.717) is 0 Å². The second-order valence-corrected chi connectivity index (χ2v) is 12.1. The van der Waals surface area contributed by atoms with Gasteiger partial charge in [-0.1, -0.05) is 60.7 Å². The molecule has 4 aromatic rings. The molecule has 1 fully saturated rings. The summed E-state index contributed by atoms with van der Waals surface area (Å²) in [5.41, 5.74) is 2.08. The number of imidazole rings is 1. The summed E-state index contributed by atoms with van der Waals surface area (Å²) in [7, 11) is -3.75. The average molecular weight is 612 g/mol. The highest BCUT2D eigenvalue weighted by Crippen LogP contribution is 2.51. The van der Waals surface area contributed by atoms with Gasteiger partial charge in [0.05, 0.1) is 31.8 Å². The van der Waals surface area contributed by atoms with Gasteiger partial charge in [0.1, 0.15) is 6.33 Å². The monoisotopic (exact) mass is 611 g/mol. The minimum Gasteiger partial charge on any atom is -0.454 e. The molecular weight excluding hydrogens is 580 g/mol.